The van der Waals surface area contributed by atoms with Crippen LogP contribution in [-0.4, -0.2) is 29.8 Å². The first-order chi connectivity index (χ1) is 7.86. The van der Waals surface area contributed by atoms with Crippen molar-refractivity contribution in [2.24, 2.45) is 0 Å². The molecule has 0 aliphatic rings. The number of hydrogen-bond donors (Lipinski definition) is 3. The quantitative estimate of drug-likeness (QED) is 0.557. The Balaban J connectivity index is 2.07. The lowest BCUT2D eigenvalue weighted by molar-refractivity contribution is 0.601. The van der Waals surface area contributed by atoms with Crippen LogP contribution in [0, 0.1) is 0 Å². The average Bonchev–Trinajstić information content (AvgIpc) is 2.72. The van der Waals surface area contributed by atoms with E-state index in [1.807, 2.05) is 0 Å². The Hall–Kier alpha value is -0.870. The molecule has 0 fully saturated rings. The highest BCUT2D eigenvalue weighted by Crippen LogP contribution is 2.01. The smallest absolute Gasteiger partial charge is 0.0625 e. The van der Waals surface area contributed by atoms with Gasteiger partial charge < -0.3 is 10.6 Å². The highest BCUT2D eigenvalue weighted by Gasteiger charge is 1.99. The van der Waals surface area contributed by atoms with E-state index in [1.54, 1.807) is 0 Å². The molecule has 92 valence electrons. The number of H-pyrrole nitrogens is 1. The van der Waals surface area contributed by atoms with Gasteiger partial charge in [0.15, 0.2) is 0 Å². The Bertz CT molecular complexity index is 270. The molecule has 0 radical (unpaired) electrons. The van der Waals surface area contributed by atoms with Gasteiger partial charge in [-0.2, -0.15) is 5.10 Å². The SMILES string of the molecule is CCCc1cc(CNCCCNCC)[nH]n1. The summed E-state index contributed by atoms with van der Waals surface area (Å²) in [6, 6.07) is 2.15. The molecule has 0 aliphatic heterocycles. The van der Waals surface area contributed by atoms with Crippen LogP contribution < -0.4 is 10.6 Å². The normalized spacial score (nSPS) is 10.9. The summed E-state index contributed by atoms with van der Waals surface area (Å²) in [5.41, 5.74) is 2.36. The number of aryl methyl sites for hydroxylation is 1. The predicted octanol–water partition coefficient (Wildman–Crippen LogP) is 1.45. The number of hydrogen-bond acceptors (Lipinski definition) is 3. The second kappa shape index (κ2) is 8.30. The van der Waals surface area contributed by atoms with E-state index in [0.717, 1.165) is 39.0 Å². The molecule has 0 saturated carbocycles. The van der Waals surface area contributed by atoms with Crippen molar-refractivity contribution < 1.29 is 0 Å². The molecule has 1 aromatic heterocycles. The van der Waals surface area contributed by atoms with Crippen LogP contribution in [0.4, 0.5) is 0 Å². The molecular weight excluding hydrogens is 200 g/mol. The van der Waals surface area contributed by atoms with Gasteiger partial charge >= 0.3 is 0 Å². The van der Waals surface area contributed by atoms with Gasteiger partial charge in [-0.25, -0.2) is 0 Å². The van der Waals surface area contributed by atoms with E-state index in [0.29, 0.717) is 0 Å². The van der Waals surface area contributed by atoms with Crippen molar-refractivity contribution in [3.8, 4) is 0 Å². The molecule has 4 heteroatoms. The van der Waals surface area contributed by atoms with Gasteiger partial charge in [-0.05, 0) is 38.5 Å². The Morgan fingerprint density at radius 1 is 1.25 bits per heavy atom. The second-order valence-corrected chi connectivity index (χ2v) is 4.02. The van der Waals surface area contributed by atoms with Gasteiger partial charge in [0.2, 0.25) is 0 Å². The van der Waals surface area contributed by atoms with Crippen molar-refractivity contribution in [3.63, 3.8) is 0 Å². The zero-order valence-corrected chi connectivity index (χ0v) is 10.5. The summed E-state index contributed by atoms with van der Waals surface area (Å²) in [7, 11) is 0. The van der Waals surface area contributed by atoms with Crippen molar-refractivity contribution in [1.82, 2.24) is 20.8 Å². The molecule has 1 heterocycles. The van der Waals surface area contributed by atoms with Crippen LogP contribution in [0.3, 0.4) is 0 Å². The minimum Gasteiger partial charge on any atom is -0.317 e. The highest BCUT2D eigenvalue weighted by molar-refractivity contribution is 5.08. The van der Waals surface area contributed by atoms with Crippen LogP contribution in [-0.2, 0) is 13.0 Å². The summed E-state index contributed by atoms with van der Waals surface area (Å²) in [4.78, 5) is 0. The fourth-order valence-electron chi connectivity index (χ4n) is 1.62. The zero-order valence-electron chi connectivity index (χ0n) is 10.5. The molecule has 0 atom stereocenters. The third-order valence-electron chi connectivity index (χ3n) is 2.46. The number of nitrogens with one attached hydrogen (secondary N) is 3. The van der Waals surface area contributed by atoms with Gasteiger partial charge in [0.1, 0.15) is 0 Å². The van der Waals surface area contributed by atoms with E-state index in [2.05, 4.69) is 40.7 Å². The van der Waals surface area contributed by atoms with Crippen LogP contribution in [0.2, 0.25) is 0 Å². The molecule has 16 heavy (non-hydrogen) atoms. The average molecular weight is 224 g/mol. The van der Waals surface area contributed by atoms with E-state index in [1.165, 1.54) is 17.8 Å². The van der Waals surface area contributed by atoms with Crippen molar-refractivity contribution in [3.05, 3.63) is 17.5 Å². The summed E-state index contributed by atoms with van der Waals surface area (Å²) >= 11 is 0. The first kappa shape index (κ1) is 13.2. The summed E-state index contributed by atoms with van der Waals surface area (Å²) < 4.78 is 0. The third-order valence-corrected chi connectivity index (χ3v) is 2.46. The van der Waals surface area contributed by atoms with Crippen molar-refractivity contribution in [2.45, 2.75) is 39.7 Å². The highest BCUT2D eigenvalue weighted by atomic mass is 15.1. The van der Waals surface area contributed by atoms with Crippen LogP contribution in [0.15, 0.2) is 6.07 Å². The Kier molecular flexibility index (Phi) is 6.85. The van der Waals surface area contributed by atoms with Crippen molar-refractivity contribution in [2.75, 3.05) is 19.6 Å². The lowest BCUT2D eigenvalue weighted by atomic mass is 10.2. The third kappa shape index (κ3) is 5.28. The largest absolute Gasteiger partial charge is 0.317 e. The van der Waals surface area contributed by atoms with Gasteiger partial charge in [0.05, 0.1) is 5.69 Å². The number of aromatic amines is 1. The number of aromatic nitrogens is 2. The lowest BCUT2D eigenvalue weighted by Gasteiger charge is -2.03. The molecule has 3 N–H and O–H groups in total. The van der Waals surface area contributed by atoms with Crippen molar-refractivity contribution in [1.29, 1.82) is 0 Å². The molecule has 0 spiro atoms. The van der Waals surface area contributed by atoms with Crippen molar-refractivity contribution >= 4 is 0 Å². The summed E-state index contributed by atoms with van der Waals surface area (Å²) in [6.07, 6.45) is 3.39. The van der Waals surface area contributed by atoms with E-state index < -0.39 is 0 Å². The first-order valence-electron chi connectivity index (χ1n) is 6.31. The molecule has 0 saturated heterocycles. The molecule has 1 aromatic rings. The summed E-state index contributed by atoms with van der Waals surface area (Å²) in [5, 5.41) is 14.0. The monoisotopic (exact) mass is 224 g/mol. The molecule has 4 nitrogen and oxygen atoms in total. The van der Waals surface area contributed by atoms with Crippen LogP contribution >= 0.6 is 0 Å². The lowest BCUT2D eigenvalue weighted by Crippen LogP contribution is -2.21. The van der Waals surface area contributed by atoms with Gasteiger partial charge in [-0.3, -0.25) is 5.10 Å². The minimum absolute atomic E-state index is 0.892. The Labute approximate surface area is 98.2 Å². The maximum atomic E-state index is 4.26. The van der Waals surface area contributed by atoms with Gasteiger partial charge in [-0.15, -0.1) is 0 Å². The van der Waals surface area contributed by atoms with E-state index in [-0.39, 0.29) is 0 Å². The number of rotatable bonds is 9. The van der Waals surface area contributed by atoms with E-state index in [4.69, 9.17) is 0 Å². The Morgan fingerprint density at radius 2 is 2.06 bits per heavy atom. The first-order valence-corrected chi connectivity index (χ1v) is 6.31. The predicted molar refractivity (Wildman–Crippen MR) is 67.5 cm³/mol. The minimum atomic E-state index is 0.892. The van der Waals surface area contributed by atoms with Crippen LogP contribution in [0.5, 0.6) is 0 Å². The summed E-state index contributed by atoms with van der Waals surface area (Å²) in [6.45, 7) is 8.40. The standard InChI is InChI=1S/C12H24N4/c1-3-6-11-9-12(16-15-11)10-14-8-5-7-13-4-2/h9,13-14H,3-8,10H2,1-2H3,(H,15,16). The molecule has 0 aliphatic carbocycles. The molecule has 1 rings (SSSR count). The summed E-state index contributed by atoms with van der Waals surface area (Å²) in [5.74, 6) is 0. The Morgan fingerprint density at radius 3 is 2.81 bits per heavy atom. The van der Waals surface area contributed by atoms with Gasteiger partial charge in [0, 0.05) is 12.2 Å². The molecule has 0 aromatic carbocycles. The fourth-order valence-corrected chi connectivity index (χ4v) is 1.62. The molecular formula is C12H24N4. The van der Waals surface area contributed by atoms with Crippen LogP contribution in [0.25, 0.3) is 0 Å². The topological polar surface area (TPSA) is 52.7 Å². The van der Waals surface area contributed by atoms with Gasteiger partial charge in [-0.1, -0.05) is 20.3 Å². The zero-order chi connectivity index (χ0) is 11.6. The van der Waals surface area contributed by atoms with E-state index in [9.17, 15) is 0 Å². The maximum absolute atomic E-state index is 4.26. The second-order valence-electron chi connectivity index (χ2n) is 4.02. The maximum Gasteiger partial charge on any atom is 0.0625 e. The van der Waals surface area contributed by atoms with E-state index >= 15 is 0 Å². The molecule has 0 unspecified atom stereocenters. The van der Waals surface area contributed by atoms with Gasteiger partial charge in [0.25, 0.3) is 0 Å². The molecule has 0 bridgehead atoms. The number of nitrogens with zero attached hydrogens (tertiary/aromatic N) is 1. The fraction of sp³-hybridized carbons (Fsp3) is 0.750. The van der Waals surface area contributed by atoms with Crippen LogP contribution in [0.1, 0.15) is 38.1 Å². The molecule has 0 amide bonds.